The topological polar surface area (TPSA) is 61.7 Å². The molecule has 0 saturated heterocycles. The second-order valence-electron chi connectivity index (χ2n) is 6.45. The fourth-order valence-electron chi connectivity index (χ4n) is 2.67. The molecule has 1 heterocycles. The van der Waals surface area contributed by atoms with Gasteiger partial charge in [-0.05, 0) is 74.7 Å². The van der Waals surface area contributed by atoms with Gasteiger partial charge in [0.25, 0.3) is 0 Å². The number of aromatic amines is 1. The van der Waals surface area contributed by atoms with E-state index in [0.717, 1.165) is 22.3 Å². The molecule has 0 spiro atoms. The molecule has 4 heteroatoms. The molecule has 25 heavy (non-hydrogen) atoms. The number of benzene rings is 2. The molecule has 3 rings (SSSR count). The monoisotopic (exact) mass is 331 g/mol. The van der Waals surface area contributed by atoms with Crippen LogP contribution in [-0.2, 0) is 0 Å². The van der Waals surface area contributed by atoms with E-state index in [1.807, 2.05) is 50.3 Å². The zero-order valence-electron chi connectivity index (χ0n) is 14.9. The zero-order chi connectivity index (χ0) is 18.0. The summed E-state index contributed by atoms with van der Waals surface area (Å²) in [5.41, 5.74) is 5.60. The van der Waals surface area contributed by atoms with Crippen LogP contribution in [-0.4, -0.2) is 16.1 Å². The van der Waals surface area contributed by atoms with E-state index in [4.69, 9.17) is 4.74 Å². The molecule has 0 bridgehead atoms. The molecule has 0 saturated carbocycles. The first-order chi connectivity index (χ1) is 12.0. The number of nitrogens with one attached hydrogen (secondary N) is 1. The Labute approximate surface area is 147 Å². The van der Waals surface area contributed by atoms with Crippen LogP contribution in [0, 0.1) is 25.2 Å². The molecule has 1 N–H and O–H groups in total. The molecule has 0 aliphatic rings. The fraction of sp³-hybridized carbons (Fsp3) is 0.238. The van der Waals surface area contributed by atoms with Gasteiger partial charge >= 0.3 is 0 Å². The van der Waals surface area contributed by atoms with E-state index >= 15 is 0 Å². The minimum absolute atomic E-state index is 0.108. The van der Waals surface area contributed by atoms with Gasteiger partial charge in [0.05, 0.1) is 22.7 Å². The van der Waals surface area contributed by atoms with Crippen molar-refractivity contribution in [3.8, 4) is 11.8 Å². The van der Waals surface area contributed by atoms with Crippen molar-refractivity contribution in [2.24, 2.45) is 0 Å². The highest BCUT2D eigenvalue weighted by Crippen LogP contribution is 2.23. The largest absolute Gasteiger partial charge is 0.491 e. The van der Waals surface area contributed by atoms with Gasteiger partial charge in [0, 0.05) is 0 Å². The SMILES string of the molecule is Cc1cc2nc(/C(C#N)=C\c3cccc(OC(C)C)c3)[nH]c2cc1C. The highest BCUT2D eigenvalue weighted by Gasteiger charge is 2.09. The molecule has 0 atom stereocenters. The van der Waals surface area contributed by atoms with E-state index in [2.05, 4.69) is 36.0 Å². The maximum atomic E-state index is 9.58. The first kappa shape index (κ1) is 16.8. The van der Waals surface area contributed by atoms with Crippen molar-refractivity contribution >= 4 is 22.7 Å². The van der Waals surface area contributed by atoms with Gasteiger partial charge in [-0.2, -0.15) is 5.26 Å². The summed E-state index contributed by atoms with van der Waals surface area (Å²) in [5.74, 6) is 1.37. The fourth-order valence-corrected chi connectivity index (χ4v) is 2.67. The Morgan fingerprint density at radius 3 is 2.68 bits per heavy atom. The van der Waals surface area contributed by atoms with Crippen LogP contribution in [0.15, 0.2) is 36.4 Å². The number of rotatable bonds is 4. The third-order valence-electron chi connectivity index (χ3n) is 4.01. The second-order valence-corrected chi connectivity index (χ2v) is 6.45. The third-order valence-corrected chi connectivity index (χ3v) is 4.01. The van der Waals surface area contributed by atoms with E-state index in [1.165, 1.54) is 11.1 Å². The lowest BCUT2D eigenvalue weighted by Gasteiger charge is -2.09. The van der Waals surface area contributed by atoms with Gasteiger partial charge in [0.1, 0.15) is 17.6 Å². The molecule has 3 aromatic rings. The van der Waals surface area contributed by atoms with Crippen LogP contribution in [0.5, 0.6) is 5.75 Å². The summed E-state index contributed by atoms with van der Waals surface area (Å²) in [5, 5.41) is 9.58. The van der Waals surface area contributed by atoms with E-state index in [-0.39, 0.29) is 6.10 Å². The molecule has 126 valence electrons. The molecule has 2 aromatic carbocycles. The summed E-state index contributed by atoms with van der Waals surface area (Å²) in [6, 6.07) is 14.0. The molecule has 0 unspecified atom stereocenters. The molecule has 4 nitrogen and oxygen atoms in total. The summed E-state index contributed by atoms with van der Waals surface area (Å²) < 4.78 is 5.71. The van der Waals surface area contributed by atoms with Gasteiger partial charge in [0.2, 0.25) is 0 Å². The number of imidazole rings is 1. The van der Waals surface area contributed by atoms with E-state index in [0.29, 0.717) is 11.4 Å². The highest BCUT2D eigenvalue weighted by molar-refractivity contribution is 5.90. The molecular weight excluding hydrogens is 310 g/mol. The Morgan fingerprint density at radius 2 is 1.96 bits per heavy atom. The van der Waals surface area contributed by atoms with Crippen molar-refractivity contribution in [3.05, 3.63) is 58.9 Å². The number of aromatic nitrogens is 2. The minimum Gasteiger partial charge on any atom is -0.491 e. The summed E-state index contributed by atoms with van der Waals surface area (Å²) in [7, 11) is 0. The Balaban J connectivity index is 2.00. The molecule has 0 amide bonds. The number of aryl methyl sites for hydroxylation is 2. The number of nitrogens with zero attached hydrogens (tertiary/aromatic N) is 2. The lowest BCUT2D eigenvalue weighted by Crippen LogP contribution is -2.05. The number of nitriles is 1. The Bertz CT molecular complexity index is 951. The molecule has 0 aliphatic carbocycles. The van der Waals surface area contributed by atoms with E-state index in [9.17, 15) is 5.26 Å². The summed E-state index contributed by atoms with van der Waals surface area (Å²) in [4.78, 5) is 7.82. The number of hydrogen-bond acceptors (Lipinski definition) is 3. The number of H-pyrrole nitrogens is 1. The van der Waals surface area contributed by atoms with Crippen molar-refractivity contribution in [1.29, 1.82) is 5.26 Å². The maximum Gasteiger partial charge on any atom is 0.149 e. The van der Waals surface area contributed by atoms with Crippen LogP contribution in [0.3, 0.4) is 0 Å². The Hall–Kier alpha value is -3.06. The van der Waals surface area contributed by atoms with E-state index in [1.54, 1.807) is 0 Å². The Morgan fingerprint density at radius 1 is 1.20 bits per heavy atom. The van der Waals surface area contributed by atoms with Gasteiger partial charge in [-0.15, -0.1) is 0 Å². The average Bonchev–Trinajstić information content (AvgIpc) is 2.95. The number of allylic oxidation sites excluding steroid dienone is 1. The predicted molar refractivity (Wildman–Crippen MR) is 101 cm³/mol. The van der Waals surface area contributed by atoms with Gasteiger partial charge in [0.15, 0.2) is 0 Å². The van der Waals surface area contributed by atoms with E-state index < -0.39 is 0 Å². The first-order valence-electron chi connectivity index (χ1n) is 8.32. The second kappa shape index (κ2) is 6.82. The lowest BCUT2D eigenvalue weighted by atomic mass is 10.1. The number of hydrogen-bond donors (Lipinski definition) is 1. The molecule has 0 aliphatic heterocycles. The first-order valence-corrected chi connectivity index (χ1v) is 8.32. The van der Waals surface area contributed by atoms with Crippen LogP contribution >= 0.6 is 0 Å². The van der Waals surface area contributed by atoms with Crippen LogP contribution in [0.2, 0.25) is 0 Å². The van der Waals surface area contributed by atoms with Crippen molar-refractivity contribution in [1.82, 2.24) is 9.97 Å². The lowest BCUT2D eigenvalue weighted by molar-refractivity contribution is 0.242. The summed E-state index contributed by atoms with van der Waals surface area (Å²) in [6.45, 7) is 8.10. The number of fused-ring (bicyclic) bond motifs is 1. The summed E-state index contributed by atoms with van der Waals surface area (Å²) >= 11 is 0. The molecular formula is C21H21N3O. The van der Waals surface area contributed by atoms with Gasteiger partial charge in [-0.25, -0.2) is 4.98 Å². The zero-order valence-corrected chi connectivity index (χ0v) is 14.9. The predicted octanol–water partition coefficient (Wildman–Crippen LogP) is 5.03. The van der Waals surface area contributed by atoms with Crippen LogP contribution in [0.1, 0.15) is 36.4 Å². The quantitative estimate of drug-likeness (QED) is 0.682. The van der Waals surface area contributed by atoms with Crippen molar-refractivity contribution in [2.45, 2.75) is 33.8 Å². The van der Waals surface area contributed by atoms with Crippen LogP contribution in [0.4, 0.5) is 0 Å². The smallest absolute Gasteiger partial charge is 0.149 e. The third kappa shape index (κ3) is 3.72. The molecule has 0 fully saturated rings. The van der Waals surface area contributed by atoms with Crippen LogP contribution < -0.4 is 4.74 Å². The van der Waals surface area contributed by atoms with Crippen molar-refractivity contribution < 1.29 is 4.74 Å². The molecule has 0 radical (unpaired) electrons. The maximum absolute atomic E-state index is 9.58. The van der Waals surface area contributed by atoms with Crippen LogP contribution in [0.25, 0.3) is 22.7 Å². The molecule has 1 aromatic heterocycles. The standard InChI is InChI=1S/C21H21N3O/c1-13(2)25-18-7-5-6-16(11-18)10-17(12-22)21-23-19-8-14(3)15(4)9-20(19)24-21/h5-11,13H,1-4H3,(H,23,24)/b17-10-. The van der Waals surface area contributed by atoms with Crippen molar-refractivity contribution in [2.75, 3.05) is 0 Å². The minimum atomic E-state index is 0.108. The Kier molecular flexibility index (Phi) is 4.58. The average molecular weight is 331 g/mol. The number of ether oxygens (including phenoxy) is 1. The van der Waals surface area contributed by atoms with Gasteiger partial charge in [-0.3, -0.25) is 0 Å². The normalized spacial score (nSPS) is 11.8. The highest BCUT2D eigenvalue weighted by atomic mass is 16.5. The van der Waals surface area contributed by atoms with Gasteiger partial charge < -0.3 is 9.72 Å². The summed E-state index contributed by atoms with van der Waals surface area (Å²) in [6.07, 6.45) is 1.93. The van der Waals surface area contributed by atoms with Gasteiger partial charge in [-0.1, -0.05) is 12.1 Å². The van der Waals surface area contributed by atoms with Crippen molar-refractivity contribution in [3.63, 3.8) is 0 Å².